The van der Waals surface area contributed by atoms with Crippen molar-refractivity contribution in [1.82, 2.24) is 9.97 Å². The monoisotopic (exact) mass is 233 g/mol. The lowest BCUT2D eigenvalue weighted by molar-refractivity contribution is 0.980. The van der Waals surface area contributed by atoms with Gasteiger partial charge in [-0.25, -0.2) is 4.98 Å². The number of thioether (sulfide) groups is 1. The van der Waals surface area contributed by atoms with Crippen LogP contribution in [0.25, 0.3) is 0 Å². The summed E-state index contributed by atoms with van der Waals surface area (Å²) in [5.41, 5.74) is 1.19. The van der Waals surface area contributed by atoms with E-state index in [1.165, 1.54) is 5.69 Å². The Hall–Kier alpha value is -1.42. The van der Waals surface area contributed by atoms with Gasteiger partial charge in [0.25, 0.3) is 0 Å². The van der Waals surface area contributed by atoms with Crippen LogP contribution in [0.2, 0.25) is 0 Å². The van der Waals surface area contributed by atoms with E-state index in [9.17, 15) is 0 Å². The van der Waals surface area contributed by atoms with Gasteiger partial charge >= 0.3 is 0 Å². The van der Waals surface area contributed by atoms with E-state index >= 15 is 0 Å². The first-order valence-corrected chi connectivity index (χ1v) is 6.35. The standard InChI is InChI=1S/C12H15N3S/c1-2-5-11(6-3-1)13-7-4-10-16-12-14-8-9-15-12/h1-3,5-6,8-9,13H,4,7,10H2,(H,14,15). The SMILES string of the molecule is c1ccc(NCCCSc2ncc[nH]2)cc1. The zero-order valence-corrected chi connectivity index (χ0v) is 9.83. The second-order valence-electron chi connectivity index (χ2n) is 3.39. The second kappa shape index (κ2) is 6.23. The maximum atomic E-state index is 4.16. The van der Waals surface area contributed by atoms with Gasteiger partial charge in [-0.1, -0.05) is 30.0 Å². The highest BCUT2D eigenvalue weighted by molar-refractivity contribution is 7.99. The Balaban J connectivity index is 1.59. The smallest absolute Gasteiger partial charge is 0.165 e. The lowest BCUT2D eigenvalue weighted by atomic mass is 10.3. The summed E-state index contributed by atoms with van der Waals surface area (Å²) in [5, 5.41) is 4.38. The molecule has 0 saturated heterocycles. The minimum atomic E-state index is 0.998. The van der Waals surface area contributed by atoms with Crippen LogP contribution in [0.5, 0.6) is 0 Å². The molecule has 0 fully saturated rings. The van der Waals surface area contributed by atoms with Crippen LogP contribution in [0.4, 0.5) is 5.69 Å². The van der Waals surface area contributed by atoms with Gasteiger partial charge in [0.2, 0.25) is 0 Å². The van der Waals surface area contributed by atoms with Gasteiger partial charge in [0.05, 0.1) is 0 Å². The van der Waals surface area contributed by atoms with Gasteiger partial charge < -0.3 is 10.3 Å². The first kappa shape index (κ1) is 11.1. The van der Waals surface area contributed by atoms with Gasteiger partial charge in [-0.3, -0.25) is 0 Å². The van der Waals surface area contributed by atoms with E-state index in [1.54, 1.807) is 18.0 Å². The Morgan fingerprint density at radius 3 is 2.88 bits per heavy atom. The summed E-state index contributed by atoms with van der Waals surface area (Å²) in [6, 6.07) is 10.3. The first-order chi connectivity index (χ1) is 7.95. The lowest BCUT2D eigenvalue weighted by Crippen LogP contribution is -2.02. The molecular formula is C12H15N3S. The number of H-pyrrole nitrogens is 1. The number of aromatic amines is 1. The molecule has 2 aromatic rings. The highest BCUT2D eigenvalue weighted by Crippen LogP contribution is 2.12. The van der Waals surface area contributed by atoms with E-state index in [1.807, 2.05) is 24.4 Å². The zero-order valence-electron chi connectivity index (χ0n) is 9.02. The van der Waals surface area contributed by atoms with E-state index in [4.69, 9.17) is 0 Å². The van der Waals surface area contributed by atoms with Gasteiger partial charge in [0.1, 0.15) is 0 Å². The van der Waals surface area contributed by atoms with Crippen molar-refractivity contribution in [3.05, 3.63) is 42.7 Å². The second-order valence-corrected chi connectivity index (χ2v) is 4.47. The molecule has 0 saturated carbocycles. The quantitative estimate of drug-likeness (QED) is 0.595. The molecule has 16 heavy (non-hydrogen) atoms. The van der Waals surface area contributed by atoms with Crippen LogP contribution in [0, 0.1) is 0 Å². The molecule has 0 bridgehead atoms. The number of benzene rings is 1. The average Bonchev–Trinajstić information content (AvgIpc) is 2.83. The molecule has 1 aromatic heterocycles. The van der Waals surface area contributed by atoms with Crippen LogP contribution < -0.4 is 5.32 Å². The van der Waals surface area contributed by atoms with Gasteiger partial charge in [-0.05, 0) is 18.6 Å². The van der Waals surface area contributed by atoms with Gasteiger partial charge in [0.15, 0.2) is 5.16 Å². The van der Waals surface area contributed by atoms with Crippen LogP contribution in [-0.4, -0.2) is 22.3 Å². The van der Waals surface area contributed by atoms with Crippen molar-refractivity contribution in [1.29, 1.82) is 0 Å². The first-order valence-electron chi connectivity index (χ1n) is 5.36. The molecule has 3 nitrogen and oxygen atoms in total. The number of imidazole rings is 1. The Morgan fingerprint density at radius 2 is 2.12 bits per heavy atom. The van der Waals surface area contributed by atoms with Crippen molar-refractivity contribution in [2.45, 2.75) is 11.6 Å². The van der Waals surface area contributed by atoms with Crippen molar-refractivity contribution < 1.29 is 0 Å². The third-order valence-corrected chi connectivity index (χ3v) is 3.13. The third kappa shape index (κ3) is 3.62. The predicted octanol–water partition coefficient (Wildman–Crippen LogP) is 3.00. The minimum Gasteiger partial charge on any atom is -0.385 e. The fourth-order valence-electron chi connectivity index (χ4n) is 1.36. The largest absolute Gasteiger partial charge is 0.385 e. The summed E-state index contributed by atoms with van der Waals surface area (Å²) < 4.78 is 0. The number of nitrogens with one attached hydrogen (secondary N) is 2. The number of para-hydroxylation sites is 1. The third-order valence-electron chi connectivity index (χ3n) is 2.14. The normalized spacial score (nSPS) is 10.2. The Bertz CT molecular complexity index is 386. The molecule has 0 aliphatic heterocycles. The van der Waals surface area contributed by atoms with Crippen molar-refractivity contribution in [2.24, 2.45) is 0 Å². The molecular weight excluding hydrogens is 218 g/mol. The Kier molecular flexibility index (Phi) is 4.31. The lowest BCUT2D eigenvalue weighted by Gasteiger charge is -2.04. The molecule has 1 heterocycles. The highest BCUT2D eigenvalue weighted by atomic mass is 32.2. The van der Waals surface area contributed by atoms with E-state index in [0.717, 1.165) is 23.9 Å². The Morgan fingerprint density at radius 1 is 1.25 bits per heavy atom. The number of hydrogen-bond acceptors (Lipinski definition) is 3. The summed E-state index contributed by atoms with van der Waals surface area (Å²) in [5.74, 6) is 1.08. The molecule has 0 aliphatic rings. The number of anilines is 1. The zero-order chi connectivity index (χ0) is 11.1. The maximum absolute atomic E-state index is 4.16. The fraction of sp³-hybridized carbons (Fsp3) is 0.250. The van der Waals surface area contributed by atoms with Crippen LogP contribution in [-0.2, 0) is 0 Å². The molecule has 4 heteroatoms. The van der Waals surface area contributed by atoms with E-state index in [0.29, 0.717) is 0 Å². The topological polar surface area (TPSA) is 40.7 Å². The van der Waals surface area contributed by atoms with Crippen LogP contribution in [0.1, 0.15) is 6.42 Å². The summed E-state index contributed by atoms with van der Waals surface area (Å²) in [7, 11) is 0. The van der Waals surface area contributed by atoms with Crippen LogP contribution >= 0.6 is 11.8 Å². The summed E-state index contributed by atoms with van der Waals surface area (Å²) in [6.45, 7) is 0.998. The summed E-state index contributed by atoms with van der Waals surface area (Å²) in [4.78, 5) is 7.24. The molecule has 0 spiro atoms. The average molecular weight is 233 g/mol. The van der Waals surface area contributed by atoms with Crippen molar-refractivity contribution in [2.75, 3.05) is 17.6 Å². The highest BCUT2D eigenvalue weighted by Gasteiger charge is 1.95. The van der Waals surface area contributed by atoms with Crippen molar-refractivity contribution in [3.8, 4) is 0 Å². The van der Waals surface area contributed by atoms with Gasteiger partial charge in [-0.2, -0.15) is 0 Å². The van der Waals surface area contributed by atoms with Gasteiger partial charge in [0, 0.05) is 30.4 Å². The van der Waals surface area contributed by atoms with Crippen LogP contribution in [0.15, 0.2) is 47.9 Å². The molecule has 0 radical (unpaired) electrons. The number of rotatable bonds is 6. The maximum Gasteiger partial charge on any atom is 0.165 e. The molecule has 84 valence electrons. The number of nitrogens with zero attached hydrogens (tertiary/aromatic N) is 1. The molecule has 1 aromatic carbocycles. The van der Waals surface area contributed by atoms with E-state index < -0.39 is 0 Å². The molecule has 0 aliphatic carbocycles. The molecule has 0 amide bonds. The van der Waals surface area contributed by atoms with Crippen molar-refractivity contribution >= 4 is 17.4 Å². The predicted molar refractivity (Wildman–Crippen MR) is 68.9 cm³/mol. The van der Waals surface area contributed by atoms with Crippen molar-refractivity contribution in [3.63, 3.8) is 0 Å². The summed E-state index contributed by atoms with van der Waals surface area (Å²) >= 11 is 1.76. The minimum absolute atomic E-state index is 0.998. The molecule has 0 unspecified atom stereocenters. The number of hydrogen-bond donors (Lipinski definition) is 2. The fourth-order valence-corrected chi connectivity index (χ4v) is 2.13. The van der Waals surface area contributed by atoms with Gasteiger partial charge in [-0.15, -0.1) is 0 Å². The van der Waals surface area contributed by atoms with E-state index in [-0.39, 0.29) is 0 Å². The Labute approximate surface area is 99.7 Å². The number of aromatic nitrogens is 2. The van der Waals surface area contributed by atoms with Crippen LogP contribution in [0.3, 0.4) is 0 Å². The molecule has 2 N–H and O–H groups in total. The van der Waals surface area contributed by atoms with E-state index in [2.05, 4.69) is 27.4 Å². The molecule has 0 atom stereocenters. The molecule has 2 rings (SSSR count). The summed E-state index contributed by atoms with van der Waals surface area (Å²) in [6.07, 6.45) is 4.76.